The Labute approximate surface area is 119 Å². The third-order valence-corrected chi connectivity index (χ3v) is 3.63. The van der Waals surface area contributed by atoms with Crippen LogP contribution in [0.5, 0.6) is 0 Å². The first kappa shape index (κ1) is 13.7. The van der Waals surface area contributed by atoms with E-state index in [-0.39, 0.29) is 28.1 Å². The first-order valence-electron chi connectivity index (χ1n) is 6.65. The van der Waals surface area contributed by atoms with Crippen LogP contribution in [-0.2, 0) is 9.53 Å². The number of halogens is 1. The van der Waals surface area contributed by atoms with Crippen molar-refractivity contribution in [1.29, 1.82) is 0 Å². The van der Waals surface area contributed by atoms with Crippen LogP contribution in [0.15, 0.2) is 23.3 Å². The van der Waals surface area contributed by atoms with Gasteiger partial charge in [0.2, 0.25) is 0 Å². The molecule has 1 aliphatic heterocycles. The molecule has 7 heteroatoms. The standard InChI is InChI=1S/C14H14FN3O3/c1-7-2-3-21-12(7)14(20)18-11-4-8-10(5-9(11)15)16-6-17-13(8)19/h4-7,12H,2-3H2,1H3,(H,18,20)(H,16,17,19)/t7-,12+/m1/s1. The van der Waals surface area contributed by atoms with E-state index < -0.39 is 17.8 Å². The highest BCUT2D eigenvalue weighted by Crippen LogP contribution is 2.24. The zero-order valence-corrected chi connectivity index (χ0v) is 11.4. The van der Waals surface area contributed by atoms with Gasteiger partial charge >= 0.3 is 0 Å². The molecule has 2 atom stereocenters. The summed E-state index contributed by atoms with van der Waals surface area (Å²) < 4.78 is 19.3. The van der Waals surface area contributed by atoms with Crippen LogP contribution in [0.2, 0.25) is 0 Å². The van der Waals surface area contributed by atoms with Crippen molar-refractivity contribution >= 4 is 22.5 Å². The molecule has 1 saturated heterocycles. The Hall–Kier alpha value is -2.28. The number of carbonyl (C=O) groups excluding carboxylic acids is 1. The zero-order chi connectivity index (χ0) is 15.0. The number of carbonyl (C=O) groups is 1. The van der Waals surface area contributed by atoms with Crippen molar-refractivity contribution in [3.63, 3.8) is 0 Å². The van der Waals surface area contributed by atoms with E-state index in [0.29, 0.717) is 6.61 Å². The summed E-state index contributed by atoms with van der Waals surface area (Å²) in [7, 11) is 0. The summed E-state index contributed by atoms with van der Waals surface area (Å²) in [4.78, 5) is 30.1. The summed E-state index contributed by atoms with van der Waals surface area (Å²) in [5, 5.41) is 2.70. The van der Waals surface area contributed by atoms with E-state index in [1.54, 1.807) is 0 Å². The molecule has 2 heterocycles. The zero-order valence-electron chi connectivity index (χ0n) is 11.4. The van der Waals surface area contributed by atoms with Gasteiger partial charge in [-0.15, -0.1) is 0 Å². The van der Waals surface area contributed by atoms with Crippen LogP contribution < -0.4 is 10.9 Å². The first-order valence-corrected chi connectivity index (χ1v) is 6.65. The van der Waals surface area contributed by atoms with E-state index in [1.165, 1.54) is 12.4 Å². The number of H-pyrrole nitrogens is 1. The molecule has 21 heavy (non-hydrogen) atoms. The minimum Gasteiger partial charge on any atom is -0.368 e. The largest absolute Gasteiger partial charge is 0.368 e. The van der Waals surface area contributed by atoms with E-state index in [2.05, 4.69) is 15.3 Å². The number of hydrogen-bond acceptors (Lipinski definition) is 4. The van der Waals surface area contributed by atoms with Crippen molar-refractivity contribution < 1.29 is 13.9 Å². The predicted octanol–water partition coefficient (Wildman–Crippen LogP) is 1.43. The topological polar surface area (TPSA) is 84.1 Å². The molecular weight excluding hydrogens is 277 g/mol. The van der Waals surface area contributed by atoms with Gasteiger partial charge in [0, 0.05) is 12.7 Å². The Bertz CT molecular complexity index is 759. The first-order chi connectivity index (χ1) is 10.1. The number of anilines is 1. The fraction of sp³-hybridized carbons (Fsp3) is 0.357. The molecule has 0 bridgehead atoms. The fourth-order valence-corrected chi connectivity index (χ4v) is 2.42. The Balaban J connectivity index is 1.93. The van der Waals surface area contributed by atoms with Gasteiger partial charge in [-0.25, -0.2) is 9.37 Å². The van der Waals surface area contributed by atoms with Crippen LogP contribution >= 0.6 is 0 Å². The van der Waals surface area contributed by atoms with Gasteiger partial charge in [-0.2, -0.15) is 0 Å². The molecule has 1 aromatic heterocycles. The number of nitrogens with one attached hydrogen (secondary N) is 2. The molecule has 0 saturated carbocycles. The second-order valence-corrected chi connectivity index (χ2v) is 5.13. The summed E-state index contributed by atoms with van der Waals surface area (Å²) in [5.74, 6) is -0.961. The van der Waals surface area contributed by atoms with Crippen molar-refractivity contribution in [3.8, 4) is 0 Å². The number of amides is 1. The van der Waals surface area contributed by atoms with Crippen LogP contribution in [0.4, 0.5) is 10.1 Å². The van der Waals surface area contributed by atoms with Gasteiger partial charge in [-0.05, 0) is 18.4 Å². The number of rotatable bonds is 2. The van der Waals surface area contributed by atoms with Crippen LogP contribution in [-0.4, -0.2) is 28.6 Å². The highest BCUT2D eigenvalue weighted by Gasteiger charge is 2.31. The molecular formula is C14H14FN3O3. The van der Waals surface area contributed by atoms with Crippen molar-refractivity contribution in [1.82, 2.24) is 9.97 Å². The summed E-state index contributed by atoms with van der Waals surface area (Å²) in [6.07, 6.45) is 1.41. The number of benzene rings is 1. The average Bonchev–Trinajstić information content (AvgIpc) is 2.87. The number of ether oxygens (including phenoxy) is 1. The number of nitrogens with zero attached hydrogens (tertiary/aromatic N) is 1. The lowest BCUT2D eigenvalue weighted by Crippen LogP contribution is -2.31. The van der Waals surface area contributed by atoms with Gasteiger partial charge < -0.3 is 15.0 Å². The van der Waals surface area contributed by atoms with Gasteiger partial charge in [0.05, 0.1) is 22.9 Å². The van der Waals surface area contributed by atoms with Crippen LogP contribution in [0.1, 0.15) is 13.3 Å². The lowest BCUT2D eigenvalue weighted by atomic mass is 10.0. The number of fused-ring (bicyclic) bond motifs is 1. The molecule has 2 aromatic rings. The summed E-state index contributed by atoms with van der Waals surface area (Å²) in [6.45, 7) is 2.42. The summed E-state index contributed by atoms with van der Waals surface area (Å²) in [5.41, 5.74) is -0.200. The van der Waals surface area contributed by atoms with Gasteiger partial charge in [-0.1, -0.05) is 6.92 Å². The minimum atomic E-state index is -0.639. The van der Waals surface area contributed by atoms with E-state index in [0.717, 1.165) is 12.5 Å². The van der Waals surface area contributed by atoms with E-state index in [9.17, 15) is 14.0 Å². The van der Waals surface area contributed by atoms with Gasteiger partial charge in [0.1, 0.15) is 11.9 Å². The molecule has 2 N–H and O–H groups in total. The molecule has 110 valence electrons. The van der Waals surface area contributed by atoms with E-state index in [1.807, 2.05) is 6.92 Å². The smallest absolute Gasteiger partial charge is 0.258 e. The Morgan fingerprint density at radius 3 is 3.05 bits per heavy atom. The molecule has 0 spiro atoms. The molecule has 3 rings (SSSR count). The quantitative estimate of drug-likeness (QED) is 0.876. The molecule has 0 unspecified atom stereocenters. The average molecular weight is 291 g/mol. The minimum absolute atomic E-state index is 0.0475. The second kappa shape index (κ2) is 5.25. The Kier molecular flexibility index (Phi) is 3.42. The molecule has 1 aromatic carbocycles. The molecule has 0 radical (unpaired) electrons. The molecule has 0 aliphatic carbocycles. The maximum Gasteiger partial charge on any atom is 0.258 e. The van der Waals surface area contributed by atoms with Crippen molar-refractivity contribution in [2.24, 2.45) is 5.92 Å². The monoisotopic (exact) mass is 291 g/mol. The SMILES string of the molecule is C[C@@H]1CCO[C@@H]1C(=O)Nc1cc2c(=O)[nH]cnc2cc1F. The lowest BCUT2D eigenvalue weighted by molar-refractivity contribution is -0.126. The summed E-state index contributed by atoms with van der Waals surface area (Å²) >= 11 is 0. The predicted molar refractivity (Wildman–Crippen MR) is 74.5 cm³/mol. The van der Waals surface area contributed by atoms with Gasteiger partial charge in [0.25, 0.3) is 11.5 Å². The molecule has 1 fully saturated rings. The number of hydrogen-bond donors (Lipinski definition) is 2. The van der Waals surface area contributed by atoms with Crippen molar-refractivity contribution in [2.75, 3.05) is 11.9 Å². The van der Waals surface area contributed by atoms with Crippen molar-refractivity contribution in [2.45, 2.75) is 19.4 Å². The number of aromatic amines is 1. The van der Waals surface area contributed by atoms with Crippen molar-refractivity contribution in [3.05, 3.63) is 34.6 Å². The van der Waals surface area contributed by atoms with Crippen LogP contribution in [0.3, 0.4) is 0 Å². The third kappa shape index (κ3) is 2.52. The Morgan fingerprint density at radius 2 is 2.33 bits per heavy atom. The van der Waals surface area contributed by atoms with E-state index in [4.69, 9.17) is 4.74 Å². The highest BCUT2D eigenvalue weighted by molar-refractivity contribution is 5.96. The number of aromatic nitrogens is 2. The lowest BCUT2D eigenvalue weighted by Gasteiger charge is -2.15. The van der Waals surface area contributed by atoms with Gasteiger partial charge in [-0.3, -0.25) is 9.59 Å². The maximum atomic E-state index is 14.0. The second-order valence-electron chi connectivity index (χ2n) is 5.13. The van der Waals surface area contributed by atoms with Gasteiger partial charge in [0.15, 0.2) is 0 Å². The molecule has 1 aliphatic rings. The summed E-state index contributed by atoms with van der Waals surface area (Å²) in [6, 6.07) is 2.41. The molecule has 6 nitrogen and oxygen atoms in total. The highest BCUT2D eigenvalue weighted by atomic mass is 19.1. The van der Waals surface area contributed by atoms with E-state index >= 15 is 0 Å². The maximum absolute atomic E-state index is 14.0. The van der Waals surface area contributed by atoms with Crippen LogP contribution in [0.25, 0.3) is 10.9 Å². The fourth-order valence-electron chi connectivity index (χ4n) is 2.42. The van der Waals surface area contributed by atoms with Crippen LogP contribution in [0, 0.1) is 11.7 Å². The third-order valence-electron chi connectivity index (χ3n) is 3.63. The normalized spacial score (nSPS) is 21.6. The Morgan fingerprint density at radius 1 is 1.52 bits per heavy atom. The molecule has 1 amide bonds.